The first-order valence-electron chi connectivity index (χ1n) is 11.3. The highest BCUT2D eigenvalue weighted by Gasteiger charge is 2.66. The van der Waals surface area contributed by atoms with Crippen molar-refractivity contribution in [3.63, 3.8) is 0 Å². The van der Waals surface area contributed by atoms with Crippen molar-refractivity contribution in [3.05, 3.63) is 29.3 Å². The van der Waals surface area contributed by atoms with E-state index in [0.717, 1.165) is 30.4 Å². The zero-order valence-corrected chi connectivity index (χ0v) is 19.1. The number of hydrogen-bond donors (Lipinski definition) is 0. The Hall–Kier alpha value is -2.81. The summed E-state index contributed by atoms with van der Waals surface area (Å²) in [6, 6.07) is 5.73. The second kappa shape index (κ2) is 7.95. The van der Waals surface area contributed by atoms with Gasteiger partial charge in [0, 0.05) is 32.1 Å². The summed E-state index contributed by atoms with van der Waals surface area (Å²) in [7, 11) is 0. The number of aryl methyl sites for hydroxylation is 1. The van der Waals surface area contributed by atoms with Crippen LogP contribution < -0.4 is 4.74 Å². The lowest BCUT2D eigenvalue weighted by Gasteiger charge is -2.55. The number of fused-ring (bicyclic) bond motifs is 5. The van der Waals surface area contributed by atoms with E-state index in [1.807, 2.05) is 12.1 Å². The molecule has 0 radical (unpaired) electrons. The Morgan fingerprint density at radius 3 is 2.47 bits per heavy atom. The maximum absolute atomic E-state index is 12.1. The third-order valence-corrected chi connectivity index (χ3v) is 7.90. The van der Waals surface area contributed by atoms with Gasteiger partial charge in [0.05, 0.1) is 0 Å². The maximum atomic E-state index is 12.1. The van der Waals surface area contributed by atoms with Gasteiger partial charge in [-0.15, -0.1) is 6.42 Å². The van der Waals surface area contributed by atoms with Gasteiger partial charge in [-0.3, -0.25) is 14.4 Å². The van der Waals surface area contributed by atoms with Crippen molar-refractivity contribution >= 4 is 17.9 Å². The normalized spacial score (nSPS) is 34.8. The molecule has 0 aliphatic heterocycles. The average molecular weight is 439 g/mol. The van der Waals surface area contributed by atoms with Crippen molar-refractivity contribution in [2.45, 2.75) is 77.4 Å². The monoisotopic (exact) mass is 438 g/mol. The standard InChI is InChI=1S/C26H30O6/c1-6-26(32-17(4)29)12-11-22-21-9-7-18-13-19(30-15(2)27)8-10-20(18)24(21)23(31-16(3)28)14-25(22,26)5/h1,8,10,13,21-24H,7,9,11-12,14H2,2-5H3/t21-,22+,23-,24-,25-,26-/m0/s1. The molecule has 0 N–H and O–H groups in total. The molecule has 1 aromatic rings. The molecule has 6 heteroatoms. The van der Waals surface area contributed by atoms with Gasteiger partial charge in [-0.1, -0.05) is 18.9 Å². The molecule has 0 spiro atoms. The van der Waals surface area contributed by atoms with E-state index in [2.05, 4.69) is 12.8 Å². The average Bonchev–Trinajstić information content (AvgIpc) is 2.98. The smallest absolute Gasteiger partial charge is 0.308 e. The number of ether oxygens (including phenoxy) is 3. The van der Waals surface area contributed by atoms with Crippen molar-refractivity contribution in [3.8, 4) is 18.1 Å². The van der Waals surface area contributed by atoms with E-state index in [0.29, 0.717) is 18.6 Å². The van der Waals surface area contributed by atoms with Crippen LogP contribution in [0.3, 0.4) is 0 Å². The minimum absolute atomic E-state index is 0.0259. The van der Waals surface area contributed by atoms with E-state index in [4.69, 9.17) is 20.6 Å². The van der Waals surface area contributed by atoms with Gasteiger partial charge in [0.1, 0.15) is 11.9 Å². The molecule has 0 unspecified atom stereocenters. The highest BCUT2D eigenvalue weighted by molar-refractivity contribution is 5.69. The van der Waals surface area contributed by atoms with Crippen molar-refractivity contribution in [2.24, 2.45) is 17.3 Å². The molecular weight excluding hydrogens is 408 g/mol. The van der Waals surface area contributed by atoms with Gasteiger partial charge in [0.15, 0.2) is 5.60 Å². The maximum Gasteiger partial charge on any atom is 0.308 e. The lowest BCUT2D eigenvalue weighted by Crippen LogP contribution is -2.56. The van der Waals surface area contributed by atoms with Crippen molar-refractivity contribution in [1.29, 1.82) is 0 Å². The van der Waals surface area contributed by atoms with Crippen LogP contribution in [-0.4, -0.2) is 29.6 Å². The van der Waals surface area contributed by atoms with Crippen LogP contribution >= 0.6 is 0 Å². The Morgan fingerprint density at radius 2 is 1.84 bits per heavy atom. The van der Waals surface area contributed by atoms with Gasteiger partial charge in [-0.25, -0.2) is 0 Å². The van der Waals surface area contributed by atoms with Crippen molar-refractivity contribution < 1.29 is 28.6 Å². The third kappa shape index (κ3) is 3.48. The van der Waals surface area contributed by atoms with Crippen LogP contribution in [-0.2, 0) is 30.3 Å². The molecule has 0 bridgehead atoms. The zero-order chi connectivity index (χ0) is 23.3. The SMILES string of the molecule is C#C[C@]1(OC(C)=O)CC[C@@H]2[C@@H]3CCc4cc(OC(C)=O)ccc4[C@@H]3[C@@H](OC(C)=O)C[C@@]21C. The number of esters is 3. The fourth-order valence-electron chi connectivity index (χ4n) is 6.83. The largest absolute Gasteiger partial charge is 0.462 e. The summed E-state index contributed by atoms with van der Waals surface area (Å²) in [6.07, 6.45) is 9.34. The second-order valence-corrected chi connectivity index (χ2v) is 9.66. The molecule has 6 nitrogen and oxygen atoms in total. The summed E-state index contributed by atoms with van der Waals surface area (Å²) in [4.78, 5) is 35.4. The fourth-order valence-corrected chi connectivity index (χ4v) is 6.83. The highest BCUT2D eigenvalue weighted by atomic mass is 16.6. The Balaban J connectivity index is 1.76. The first-order valence-corrected chi connectivity index (χ1v) is 11.3. The lowest BCUT2D eigenvalue weighted by molar-refractivity contribution is -0.179. The van der Waals surface area contributed by atoms with Gasteiger partial charge >= 0.3 is 17.9 Å². The number of benzene rings is 1. The van der Waals surface area contributed by atoms with Crippen LogP contribution in [0.4, 0.5) is 0 Å². The predicted molar refractivity (Wildman–Crippen MR) is 117 cm³/mol. The van der Waals surface area contributed by atoms with E-state index in [9.17, 15) is 14.4 Å². The summed E-state index contributed by atoms with van der Waals surface area (Å²) in [5.41, 5.74) is 0.777. The quantitative estimate of drug-likeness (QED) is 0.404. The molecule has 1 aromatic carbocycles. The Morgan fingerprint density at radius 1 is 1.09 bits per heavy atom. The predicted octanol–water partition coefficient (Wildman–Crippen LogP) is 3.94. The minimum atomic E-state index is -0.994. The summed E-state index contributed by atoms with van der Waals surface area (Å²) < 4.78 is 17.0. The lowest BCUT2D eigenvalue weighted by atomic mass is 9.52. The first-order chi connectivity index (χ1) is 15.1. The molecule has 3 aliphatic rings. The van der Waals surface area contributed by atoms with E-state index in [1.165, 1.54) is 20.8 Å². The summed E-state index contributed by atoms with van der Waals surface area (Å²) in [6.45, 7) is 6.29. The highest BCUT2D eigenvalue weighted by Crippen LogP contribution is 2.65. The van der Waals surface area contributed by atoms with Crippen LogP contribution in [0, 0.1) is 29.6 Å². The van der Waals surface area contributed by atoms with Crippen LogP contribution in [0.15, 0.2) is 18.2 Å². The minimum Gasteiger partial charge on any atom is -0.462 e. The van der Waals surface area contributed by atoms with Crippen molar-refractivity contribution in [1.82, 2.24) is 0 Å². The molecule has 6 atom stereocenters. The molecular formula is C26H30O6. The molecule has 170 valence electrons. The fraction of sp³-hybridized carbons (Fsp3) is 0.577. The summed E-state index contributed by atoms with van der Waals surface area (Å²) in [5, 5.41) is 0. The van der Waals surface area contributed by atoms with Crippen molar-refractivity contribution in [2.75, 3.05) is 0 Å². The molecule has 0 heterocycles. The number of carbonyl (C=O) groups is 3. The zero-order valence-electron chi connectivity index (χ0n) is 19.1. The van der Waals surface area contributed by atoms with Crippen LogP contribution in [0.1, 0.15) is 70.4 Å². The Kier molecular flexibility index (Phi) is 5.56. The van der Waals surface area contributed by atoms with Crippen LogP contribution in [0.2, 0.25) is 0 Å². The number of carbonyl (C=O) groups excluding carboxylic acids is 3. The number of terminal acetylenes is 1. The van der Waals surface area contributed by atoms with E-state index < -0.39 is 11.0 Å². The second-order valence-electron chi connectivity index (χ2n) is 9.66. The van der Waals surface area contributed by atoms with Gasteiger partial charge in [-0.2, -0.15) is 0 Å². The van der Waals surface area contributed by atoms with Crippen LogP contribution in [0.5, 0.6) is 5.75 Å². The van der Waals surface area contributed by atoms with Crippen LogP contribution in [0.25, 0.3) is 0 Å². The van der Waals surface area contributed by atoms with E-state index in [-0.39, 0.29) is 41.8 Å². The van der Waals surface area contributed by atoms with E-state index in [1.54, 1.807) is 6.07 Å². The summed E-state index contributed by atoms with van der Waals surface area (Å²) >= 11 is 0. The number of hydrogen-bond acceptors (Lipinski definition) is 6. The number of rotatable bonds is 3. The molecule has 4 rings (SSSR count). The Bertz CT molecular complexity index is 1010. The van der Waals surface area contributed by atoms with Gasteiger partial charge in [-0.05, 0) is 67.2 Å². The Labute approximate surface area is 189 Å². The topological polar surface area (TPSA) is 78.9 Å². The molecule has 2 fully saturated rings. The van der Waals surface area contributed by atoms with Gasteiger partial charge in [0.2, 0.25) is 0 Å². The molecule has 2 saturated carbocycles. The third-order valence-electron chi connectivity index (χ3n) is 7.90. The summed E-state index contributed by atoms with van der Waals surface area (Å²) in [5.74, 6) is 2.80. The molecule has 0 saturated heterocycles. The van der Waals surface area contributed by atoms with Gasteiger partial charge < -0.3 is 14.2 Å². The molecule has 32 heavy (non-hydrogen) atoms. The first kappa shape index (κ1) is 22.4. The van der Waals surface area contributed by atoms with E-state index >= 15 is 0 Å². The molecule has 0 amide bonds. The molecule has 3 aliphatic carbocycles. The van der Waals surface area contributed by atoms with Gasteiger partial charge in [0.25, 0.3) is 0 Å². The molecule has 0 aromatic heterocycles.